The summed E-state index contributed by atoms with van der Waals surface area (Å²) in [5.41, 5.74) is 0.443. The van der Waals surface area contributed by atoms with Crippen LogP contribution in [0.4, 0.5) is 4.39 Å². The Morgan fingerprint density at radius 1 is 1.20 bits per heavy atom. The van der Waals surface area contributed by atoms with E-state index in [1.54, 1.807) is 18.2 Å². The third-order valence-corrected chi connectivity index (χ3v) is 3.88. The van der Waals surface area contributed by atoms with E-state index in [0.29, 0.717) is 37.0 Å². The van der Waals surface area contributed by atoms with Gasteiger partial charge in [0.2, 0.25) is 11.8 Å². The monoisotopic (exact) mass is 276 g/mol. The summed E-state index contributed by atoms with van der Waals surface area (Å²) in [6, 6.07) is 6.64. The third-order valence-electron chi connectivity index (χ3n) is 3.88. The van der Waals surface area contributed by atoms with Crippen molar-refractivity contribution in [1.82, 2.24) is 10.2 Å². The Morgan fingerprint density at radius 2 is 1.95 bits per heavy atom. The van der Waals surface area contributed by atoms with Crippen molar-refractivity contribution < 1.29 is 13.5 Å². The molecule has 0 bridgehead atoms. The van der Waals surface area contributed by atoms with Crippen LogP contribution in [-0.4, -0.2) is 23.4 Å². The molecular weight excluding hydrogens is 259 g/mol. The largest absolute Gasteiger partial charge is 0.424 e. The van der Waals surface area contributed by atoms with Crippen molar-refractivity contribution in [2.45, 2.75) is 31.6 Å². The first-order valence-corrected chi connectivity index (χ1v) is 6.81. The van der Waals surface area contributed by atoms with Crippen LogP contribution in [0, 0.1) is 5.82 Å². The van der Waals surface area contributed by atoms with Gasteiger partial charge in [0.25, 0.3) is 0 Å². The molecule has 0 amide bonds. The van der Waals surface area contributed by atoms with Crippen LogP contribution in [0.3, 0.4) is 0 Å². The van der Waals surface area contributed by atoms with Crippen LogP contribution in [0.15, 0.2) is 28.7 Å². The minimum atomic E-state index is -0.246. The van der Waals surface area contributed by atoms with E-state index in [1.165, 1.54) is 6.07 Å². The van der Waals surface area contributed by atoms with E-state index in [0.717, 1.165) is 12.8 Å². The van der Waals surface area contributed by atoms with Gasteiger partial charge in [-0.15, -0.1) is 10.2 Å². The van der Waals surface area contributed by atoms with Crippen LogP contribution in [0.1, 0.15) is 37.1 Å². The van der Waals surface area contributed by atoms with Gasteiger partial charge in [-0.25, -0.2) is 4.39 Å². The Hall–Kier alpha value is -1.75. The number of hydrogen-bond donors (Lipinski definition) is 0. The number of rotatable bonds is 3. The molecule has 20 heavy (non-hydrogen) atoms. The molecule has 0 spiro atoms. The molecule has 0 saturated carbocycles. The number of ether oxygens (including phenoxy) is 1. The predicted molar refractivity (Wildman–Crippen MR) is 70.9 cm³/mol. The average Bonchev–Trinajstić information content (AvgIpc) is 2.92. The van der Waals surface area contributed by atoms with Gasteiger partial charge in [-0.05, 0) is 24.5 Å². The van der Waals surface area contributed by atoms with Crippen molar-refractivity contribution in [2.75, 3.05) is 13.2 Å². The highest BCUT2D eigenvalue weighted by molar-refractivity contribution is 5.20. The van der Waals surface area contributed by atoms with Gasteiger partial charge in [0, 0.05) is 13.2 Å². The SMILES string of the molecule is CC1(c2nnc(Cc3ccccc3F)o2)CCOCC1. The zero-order valence-electron chi connectivity index (χ0n) is 11.4. The van der Waals surface area contributed by atoms with Gasteiger partial charge in [-0.1, -0.05) is 25.1 Å². The van der Waals surface area contributed by atoms with Crippen LogP contribution < -0.4 is 0 Å². The molecule has 0 radical (unpaired) electrons. The summed E-state index contributed by atoms with van der Waals surface area (Å²) in [7, 11) is 0. The molecule has 2 heterocycles. The predicted octanol–water partition coefficient (Wildman–Crippen LogP) is 2.87. The molecule has 0 unspecified atom stereocenters. The number of aromatic nitrogens is 2. The zero-order valence-corrected chi connectivity index (χ0v) is 11.4. The maximum atomic E-state index is 13.6. The molecular formula is C15H17FN2O2. The van der Waals surface area contributed by atoms with Crippen molar-refractivity contribution in [1.29, 1.82) is 0 Å². The fraction of sp³-hybridized carbons (Fsp3) is 0.467. The fourth-order valence-electron chi connectivity index (χ4n) is 2.41. The maximum absolute atomic E-state index is 13.6. The topological polar surface area (TPSA) is 48.2 Å². The summed E-state index contributed by atoms with van der Waals surface area (Å²) >= 11 is 0. The summed E-state index contributed by atoms with van der Waals surface area (Å²) in [5, 5.41) is 8.19. The summed E-state index contributed by atoms with van der Waals surface area (Å²) in [5.74, 6) is 0.842. The molecule has 106 valence electrons. The second-order valence-corrected chi connectivity index (χ2v) is 5.44. The molecule has 1 aliphatic rings. The van der Waals surface area contributed by atoms with Crippen LogP contribution >= 0.6 is 0 Å². The van der Waals surface area contributed by atoms with Gasteiger partial charge in [-0.2, -0.15) is 0 Å². The van der Waals surface area contributed by atoms with Crippen LogP contribution in [0.25, 0.3) is 0 Å². The standard InChI is InChI=1S/C15H17FN2O2/c1-15(6-8-19-9-7-15)14-18-17-13(20-14)10-11-4-2-3-5-12(11)16/h2-5H,6-10H2,1H3. The summed E-state index contributed by atoms with van der Waals surface area (Å²) in [6.07, 6.45) is 2.06. The van der Waals surface area contributed by atoms with Gasteiger partial charge in [0.1, 0.15) is 5.82 Å². The molecule has 4 nitrogen and oxygen atoms in total. The van der Waals surface area contributed by atoms with E-state index in [9.17, 15) is 4.39 Å². The number of benzene rings is 1. The lowest BCUT2D eigenvalue weighted by Gasteiger charge is -2.29. The molecule has 0 atom stereocenters. The molecule has 1 aliphatic heterocycles. The summed E-state index contributed by atoms with van der Waals surface area (Å²) in [4.78, 5) is 0. The minimum Gasteiger partial charge on any atom is -0.424 e. The zero-order chi connectivity index (χ0) is 14.0. The molecule has 2 aromatic rings. The highest BCUT2D eigenvalue weighted by Gasteiger charge is 2.34. The van der Waals surface area contributed by atoms with Gasteiger partial charge < -0.3 is 9.15 Å². The molecule has 0 aliphatic carbocycles. The quantitative estimate of drug-likeness (QED) is 0.865. The van der Waals surface area contributed by atoms with Crippen molar-refractivity contribution in [3.05, 3.63) is 47.4 Å². The van der Waals surface area contributed by atoms with E-state index in [4.69, 9.17) is 9.15 Å². The first-order valence-electron chi connectivity index (χ1n) is 6.81. The Bertz CT molecular complexity index is 591. The number of halogens is 1. The van der Waals surface area contributed by atoms with Gasteiger partial charge in [-0.3, -0.25) is 0 Å². The molecule has 1 saturated heterocycles. The maximum Gasteiger partial charge on any atom is 0.222 e. The van der Waals surface area contributed by atoms with Crippen molar-refractivity contribution in [3.63, 3.8) is 0 Å². The lowest BCUT2D eigenvalue weighted by molar-refractivity contribution is 0.0466. The minimum absolute atomic E-state index is 0.126. The molecule has 3 rings (SSSR count). The van der Waals surface area contributed by atoms with E-state index >= 15 is 0 Å². The molecule has 1 aromatic heterocycles. The van der Waals surface area contributed by atoms with Crippen LogP contribution in [-0.2, 0) is 16.6 Å². The van der Waals surface area contributed by atoms with Crippen molar-refractivity contribution in [2.24, 2.45) is 0 Å². The molecule has 5 heteroatoms. The summed E-state index contributed by atoms with van der Waals surface area (Å²) in [6.45, 7) is 3.53. The lowest BCUT2D eigenvalue weighted by Crippen LogP contribution is -2.30. The number of hydrogen-bond acceptors (Lipinski definition) is 4. The smallest absolute Gasteiger partial charge is 0.222 e. The molecule has 1 aromatic carbocycles. The summed E-state index contributed by atoms with van der Waals surface area (Å²) < 4.78 is 24.7. The van der Waals surface area contributed by atoms with Crippen LogP contribution in [0.5, 0.6) is 0 Å². The average molecular weight is 276 g/mol. The second-order valence-electron chi connectivity index (χ2n) is 5.44. The first-order chi connectivity index (χ1) is 9.67. The van der Waals surface area contributed by atoms with E-state index in [-0.39, 0.29) is 11.2 Å². The Kier molecular flexibility index (Phi) is 3.53. The van der Waals surface area contributed by atoms with Gasteiger partial charge >= 0.3 is 0 Å². The van der Waals surface area contributed by atoms with E-state index in [2.05, 4.69) is 17.1 Å². The van der Waals surface area contributed by atoms with Crippen molar-refractivity contribution in [3.8, 4) is 0 Å². The third kappa shape index (κ3) is 2.58. The lowest BCUT2D eigenvalue weighted by atomic mass is 9.82. The van der Waals surface area contributed by atoms with Gasteiger partial charge in [0.05, 0.1) is 11.8 Å². The van der Waals surface area contributed by atoms with E-state index < -0.39 is 0 Å². The Balaban J connectivity index is 1.78. The Morgan fingerprint density at radius 3 is 2.70 bits per heavy atom. The van der Waals surface area contributed by atoms with Crippen LogP contribution in [0.2, 0.25) is 0 Å². The fourth-order valence-corrected chi connectivity index (χ4v) is 2.41. The first kappa shape index (κ1) is 13.2. The molecule has 0 N–H and O–H groups in total. The number of nitrogens with zero attached hydrogens (tertiary/aromatic N) is 2. The molecule has 1 fully saturated rings. The normalized spacial score (nSPS) is 18.1. The van der Waals surface area contributed by atoms with Gasteiger partial charge in [0.15, 0.2) is 0 Å². The van der Waals surface area contributed by atoms with E-state index in [1.807, 2.05) is 0 Å². The Labute approximate surface area is 117 Å². The second kappa shape index (κ2) is 5.32. The van der Waals surface area contributed by atoms with Crippen molar-refractivity contribution >= 4 is 0 Å². The highest BCUT2D eigenvalue weighted by Crippen LogP contribution is 2.33. The highest BCUT2D eigenvalue weighted by atomic mass is 19.1.